The van der Waals surface area contributed by atoms with Crippen LogP contribution in [0.25, 0.3) is 10.9 Å². The van der Waals surface area contributed by atoms with Gasteiger partial charge in [-0.15, -0.1) is 0 Å². The molecule has 3 aromatic rings. The predicted octanol–water partition coefficient (Wildman–Crippen LogP) is 5.57. The quantitative estimate of drug-likeness (QED) is 0.325. The van der Waals surface area contributed by atoms with Crippen LogP contribution in [-0.2, 0) is 4.74 Å². The first-order valence-corrected chi connectivity index (χ1v) is 11.6. The maximum absolute atomic E-state index is 14.3. The molecule has 184 valence electrons. The lowest BCUT2D eigenvalue weighted by Gasteiger charge is -2.24. The van der Waals surface area contributed by atoms with Crippen LogP contribution in [0.2, 0.25) is 0 Å². The van der Waals surface area contributed by atoms with Crippen LogP contribution in [-0.4, -0.2) is 50.7 Å². The van der Waals surface area contributed by atoms with E-state index >= 15 is 0 Å². The van der Waals surface area contributed by atoms with E-state index in [1.165, 1.54) is 35.5 Å². The number of fused-ring (bicyclic) bond motifs is 1. The zero-order valence-corrected chi connectivity index (χ0v) is 20.8. The smallest absolute Gasteiger partial charge is 0.410 e. The number of rotatable bonds is 5. The highest BCUT2D eigenvalue weighted by molar-refractivity contribution is 9.10. The number of aromatic nitrogens is 2. The molecule has 1 aromatic heterocycles. The standard InChI is InChI=1S/C23H23BrFN5O5/c1-23(2,3)35-22(31)29-7-6-14(11-29)34-20-10-18-15(9-19(20)30(32)33)21(27-12-26-18)28-17-5-4-13(24)8-16(17)25/h4-5,8-10,12,14H,6-7,11H2,1-3H3,(H,26,27,28). The van der Waals surface area contributed by atoms with Crippen LogP contribution in [0.4, 0.5) is 26.4 Å². The van der Waals surface area contributed by atoms with Crippen molar-refractivity contribution in [3.05, 3.63) is 57.1 Å². The average Bonchev–Trinajstić information content (AvgIpc) is 3.23. The van der Waals surface area contributed by atoms with Crippen molar-refractivity contribution in [1.29, 1.82) is 0 Å². The van der Waals surface area contributed by atoms with E-state index in [2.05, 4.69) is 31.2 Å². The molecule has 1 fully saturated rings. The molecule has 1 unspecified atom stereocenters. The summed E-state index contributed by atoms with van der Waals surface area (Å²) < 4.78 is 26.2. The molecule has 1 saturated heterocycles. The van der Waals surface area contributed by atoms with Gasteiger partial charge in [0.2, 0.25) is 0 Å². The molecule has 0 bridgehead atoms. The minimum Gasteiger partial charge on any atom is -0.481 e. The van der Waals surface area contributed by atoms with E-state index in [-0.39, 0.29) is 29.5 Å². The van der Waals surface area contributed by atoms with Gasteiger partial charge in [0.1, 0.15) is 29.7 Å². The Morgan fingerprint density at radius 3 is 2.74 bits per heavy atom. The number of benzene rings is 2. The Balaban J connectivity index is 1.59. The van der Waals surface area contributed by atoms with E-state index in [1.807, 2.05) is 0 Å². The second-order valence-corrected chi connectivity index (χ2v) is 9.94. The molecule has 0 aliphatic carbocycles. The number of hydrogen-bond acceptors (Lipinski definition) is 8. The van der Waals surface area contributed by atoms with Gasteiger partial charge in [-0.1, -0.05) is 15.9 Å². The molecular weight excluding hydrogens is 525 g/mol. The maximum atomic E-state index is 14.3. The van der Waals surface area contributed by atoms with Gasteiger partial charge in [0.25, 0.3) is 0 Å². The van der Waals surface area contributed by atoms with E-state index in [0.29, 0.717) is 28.3 Å². The number of likely N-dealkylation sites (tertiary alicyclic amines) is 1. The molecule has 2 heterocycles. The number of carbonyl (C=O) groups excluding carboxylic acids is 1. The number of amides is 1. The minimum absolute atomic E-state index is 0.0259. The van der Waals surface area contributed by atoms with Gasteiger partial charge in [0, 0.05) is 29.6 Å². The van der Waals surface area contributed by atoms with E-state index in [9.17, 15) is 19.3 Å². The molecule has 35 heavy (non-hydrogen) atoms. The van der Waals surface area contributed by atoms with Gasteiger partial charge in [0.05, 0.1) is 28.1 Å². The minimum atomic E-state index is -0.627. The number of nitro groups is 1. The SMILES string of the molecule is CC(C)(C)OC(=O)N1CCC(Oc2cc3ncnc(Nc4ccc(Br)cc4F)c3cc2[N+](=O)[O-])C1. The molecule has 4 rings (SSSR count). The number of nitrogens with zero attached hydrogens (tertiary/aromatic N) is 4. The lowest BCUT2D eigenvalue weighted by atomic mass is 10.2. The van der Waals surface area contributed by atoms with Crippen molar-refractivity contribution in [2.24, 2.45) is 0 Å². The summed E-state index contributed by atoms with van der Waals surface area (Å²) in [5.74, 6) is -0.280. The lowest BCUT2D eigenvalue weighted by Crippen LogP contribution is -2.36. The first kappa shape index (κ1) is 24.6. The van der Waals surface area contributed by atoms with Crippen LogP contribution < -0.4 is 10.1 Å². The molecule has 0 spiro atoms. The van der Waals surface area contributed by atoms with Crippen molar-refractivity contribution < 1.29 is 23.6 Å². The zero-order chi connectivity index (χ0) is 25.3. The van der Waals surface area contributed by atoms with Gasteiger partial charge in [-0.2, -0.15) is 0 Å². The molecule has 10 nitrogen and oxygen atoms in total. The van der Waals surface area contributed by atoms with Crippen molar-refractivity contribution >= 4 is 50.1 Å². The number of nitrogens with one attached hydrogen (secondary N) is 1. The fourth-order valence-corrected chi connectivity index (χ4v) is 3.96. The van der Waals surface area contributed by atoms with Crippen LogP contribution in [0.5, 0.6) is 5.75 Å². The molecule has 1 aliphatic heterocycles. The van der Waals surface area contributed by atoms with E-state index in [1.54, 1.807) is 26.8 Å². The summed E-state index contributed by atoms with van der Waals surface area (Å²) in [6.07, 6.45) is 0.861. The Bertz CT molecular complexity index is 1300. The third-order valence-corrected chi connectivity index (χ3v) is 5.68. The Kier molecular flexibility index (Phi) is 6.75. The molecular formula is C23H23BrFN5O5. The molecule has 1 amide bonds. The highest BCUT2D eigenvalue weighted by atomic mass is 79.9. The summed E-state index contributed by atoms with van der Waals surface area (Å²) in [5, 5.41) is 15.0. The van der Waals surface area contributed by atoms with Crippen LogP contribution in [0.15, 0.2) is 41.1 Å². The number of hydrogen-bond donors (Lipinski definition) is 1. The second kappa shape index (κ2) is 9.61. The van der Waals surface area contributed by atoms with Gasteiger partial charge in [-0.3, -0.25) is 10.1 Å². The summed E-state index contributed by atoms with van der Waals surface area (Å²) in [5.41, 5.74) is -0.382. The lowest BCUT2D eigenvalue weighted by molar-refractivity contribution is -0.385. The molecule has 12 heteroatoms. The number of ether oxygens (including phenoxy) is 2. The summed E-state index contributed by atoms with van der Waals surface area (Å²) in [4.78, 5) is 33.5. The molecule has 1 atom stereocenters. The summed E-state index contributed by atoms with van der Waals surface area (Å²) in [7, 11) is 0. The summed E-state index contributed by atoms with van der Waals surface area (Å²) in [6.45, 7) is 6.00. The first-order chi connectivity index (χ1) is 16.5. The highest BCUT2D eigenvalue weighted by Crippen LogP contribution is 2.36. The molecule has 1 N–H and O–H groups in total. The number of carbonyl (C=O) groups is 1. The Morgan fingerprint density at radius 1 is 1.29 bits per heavy atom. The fourth-order valence-electron chi connectivity index (χ4n) is 3.62. The molecule has 2 aromatic carbocycles. The van der Waals surface area contributed by atoms with Gasteiger partial charge in [-0.25, -0.2) is 19.2 Å². The normalized spacial score (nSPS) is 15.8. The van der Waals surface area contributed by atoms with Crippen LogP contribution in [0, 0.1) is 15.9 Å². The summed E-state index contributed by atoms with van der Waals surface area (Å²) in [6, 6.07) is 7.22. The molecule has 1 aliphatic rings. The first-order valence-electron chi connectivity index (χ1n) is 10.8. The van der Waals surface area contributed by atoms with Gasteiger partial charge >= 0.3 is 11.8 Å². The van der Waals surface area contributed by atoms with E-state index < -0.39 is 28.5 Å². The second-order valence-electron chi connectivity index (χ2n) is 9.02. The van der Waals surface area contributed by atoms with Crippen LogP contribution in [0.3, 0.4) is 0 Å². The van der Waals surface area contributed by atoms with Gasteiger partial charge < -0.3 is 19.7 Å². The van der Waals surface area contributed by atoms with Crippen molar-refractivity contribution in [1.82, 2.24) is 14.9 Å². The number of halogens is 2. The summed E-state index contributed by atoms with van der Waals surface area (Å²) >= 11 is 3.20. The Hall–Kier alpha value is -3.54. The van der Waals surface area contributed by atoms with Crippen LogP contribution >= 0.6 is 15.9 Å². The Labute approximate surface area is 208 Å². The van der Waals surface area contributed by atoms with Crippen molar-refractivity contribution in [3.8, 4) is 5.75 Å². The molecule has 0 radical (unpaired) electrons. The van der Waals surface area contributed by atoms with Crippen molar-refractivity contribution in [2.45, 2.75) is 38.9 Å². The van der Waals surface area contributed by atoms with Crippen LogP contribution in [0.1, 0.15) is 27.2 Å². The monoisotopic (exact) mass is 547 g/mol. The number of anilines is 2. The van der Waals surface area contributed by atoms with Gasteiger partial charge in [0.15, 0.2) is 5.75 Å². The third kappa shape index (κ3) is 5.76. The van der Waals surface area contributed by atoms with Gasteiger partial charge in [-0.05, 0) is 39.0 Å². The fraction of sp³-hybridized carbons (Fsp3) is 0.348. The highest BCUT2D eigenvalue weighted by Gasteiger charge is 2.32. The largest absolute Gasteiger partial charge is 0.481 e. The number of nitro benzene ring substituents is 1. The topological polar surface area (TPSA) is 120 Å². The van der Waals surface area contributed by atoms with Crippen molar-refractivity contribution in [2.75, 3.05) is 18.4 Å². The zero-order valence-electron chi connectivity index (χ0n) is 19.2. The van der Waals surface area contributed by atoms with E-state index in [4.69, 9.17) is 9.47 Å². The van der Waals surface area contributed by atoms with Crippen molar-refractivity contribution in [3.63, 3.8) is 0 Å². The van der Waals surface area contributed by atoms with E-state index in [0.717, 1.165) is 0 Å². The maximum Gasteiger partial charge on any atom is 0.410 e. The average molecular weight is 548 g/mol. The molecule has 0 saturated carbocycles. The predicted molar refractivity (Wildman–Crippen MR) is 130 cm³/mol. The third-order valence-electron chi connectivity index (χ3n) is 5.19. The Morgan fingerprint density at radius 2 is 2.06 bits per heavy atom.